The van der Waals surface area contributed by atoms with Crippen LogP contribution in [0.4, 0.5) is 5.82 Å². The Morgan fingerprint density at radius 2 is 1.92 bits per heavy atom. The molecule has 0 atom stereocenters. The molecule has 0 spiro atoms. The summed E-state index contributed by atoms with van der Waals surface area (Å²) < 4.78 is 7.76. The summed E-state index contributed by atoms with van der Waals surface area (Å²) in [5.74, 6) is 1.03. The summed E-state index contributed by atoms with van der Waals surface area (Å²) in [6.45, 7) is 3.36. The van der Waals surface area contributed by atoms with Crippen LogP contribution in [0.2, 0.25) is 0 Å². The molecule has 1 amide bonds. The lowest BCUT2D eigenvalue weighted by molar-refractivity contribution is 0.0951. The highest BCUT2D eigenvalue weighted by molar-refractivity contribution is 5.95. The third-order valence-corrected chi connectivity index (χ3v) is 7.89. The van der Waals surface area contributed by atoms with E-state index >= 15 is 0 Å². The zero-order valence-corrected chi connectivity index (χ0v) is 21.8. The number of benzene rings is 2. The number of nitrogens with zero attached hydrogens (tertiary/aromatic N) is 2. The van der Waals surface area contributed by atoms with Gasteiger partial charge in [-0.05, 0) is 69.2 Å². The minimum atomic E-state index is -0.385. The molecule has 38 heavy (non-hydrogen) atoms. The Hall–Kier alpha value is -3.65. The van der Waals surface area contributed by atoms with E-state index in [2.05, 4.69) is 27.0 Å². The van der Waals surface area contributed by atoms with Gasteiger partial charge in [-0.1, -0.05) is 30.7 Å². The number of rotatable bonds is 11. The van der Waals surface area contributed by atoms with Crippen molar-refractivity contribution < 1.29 is 9.53 Å². The number of hydrogen-bond donors (Lipinski definition) is 3. The minimum absolute atomic E-state index is 0.106. The summed E-state index contributed by atoms with van der Waals surface area (Å²) in [6.07, 6.45) is 10.9. The lowest BCUT2D eigenvalue weighted by Gasteiger charge is -2.27. The summed E-state index contributed by atoms with van der Waals surface area (Å²) in [7, 11) is 0. The van der Waals surface area contributed by atoms with Gasteiger partial charge in [0.1, 0.15) is 12.4 Å². The van der Waals surface area contributed by atoms with Crippen LogP contribution in [0.1, 0.15) is 66.4 Å². The van der Waals surface area contributed by atoms with E-state index in [9.17, 15) is 9.59 Å². The number of aryl methyl sites for hydroxylation is 1. The van der Waals surface area contributed by atoms with E-state index in [0.29, 0.717) is 29.7 Å². The normalized spacial score (nSPS) is 17.9. The maximum absolute atomic E-state index is 13.6. The van der Waals surface area contributed by atoms with Gasteiger partial charge in [0, 0.05) is 42.1 Å². The lowest BCUT2D eigenvalue weighted by Crippen LogP contribution is -2.37. The molecule has 3 aliphatic rings. The highest BCUT2D eigenvalue weighted by atomic mass is 16.5. The van der Waals surface area contributed by atoms with Gasteiger partial charge >= 0.3 is 0 Å². The number of hydrogen-bond acceptors (Lipinski definition) is 6. The van der Waals surface area contributed by atoms with Crippen LogP contribution in [-0.2, 0) is 5.54 Å². The molecule has 1 heterocycles. The number of ether oxygens (including phenoxy) is 1. The summed E-state index contributed by atoms with van der Waals surface area (Å²) in [4.78, 5) is 30.7. The molecule has 2 aromatic carbocycles. The average Bonchev–Trinajstić information content (AvgIpc) is 3.83. The number of carbonyl (C=O) groups is 1. The van der Waals surface area contributed by atoms with Crippen LogP contribution in [-0.4, -0.2) is 40.7 Å². The van der Waals surface area contributed by atoms with Crippen molar-refractivity contribution in [2.75, 3.05) is 18.5 Å². The summed E-state index contributed by atoms with van der Waals surface area (Å²) >= 11 is 0. The van der Waals surface area contributed by atoms with Crippen LogP contribution in [0.5, 0.6) is 5.75 Å². The van der Waals surface area contributed by atoms with Gasteiger partial charge in [0.15, 0.2) is 5.82 Å². The van der Waals surface area contributed by atoms with Crippen molar-refractivity contribution in [3.05, 3.63) is 81.9 Å². The highest BCUT2D eigenvalue weighted by Gasteiger charge is 2.47. The van der Waals surface area contributed by atoms with Gasteiger partial charge in [0.25, 0.3) is 11.5 Å². The molecule has 0 radical (unpaired) electrons. The van der Waals surface area contributed by atoms with Crippen LogP contribution >= 0.6 is 0 Å². The van der Waals surface area contributed by atoms with E-state index in [4.69, 9.17) is 4.74 Å². The monoisotopic (exact) mass is 513 g/mol. The van der Waals surface area contributed by atoms with Gasteiger partial charge in [-0.3, -0.25) is 14.2 Å². The number of para-hydroxylation sites is 1. The zero-order valence-electron chi connectivity index (χ0n) is 21.8. The van der Waals surface area contributed by atoms with Crippen LogP contribution < -0.4 is 26.2 Å². The van der Waals surface area contributed by atoms with Crippen LogP contribution in [0.25, 0.3) is 5.69 Å². The molecule has 0 saturated heterocycles. The Morgan fingerprint density at radius 1 is 1.11 bits per heavy atom. The van der Waals surface area contributed by atoms with E-state index in [0.717, 1.165) is 49.1 Å². The number of anilines is 1. The first-order valence-electron chi connectivity index (χ1n) is 13.8. The van der Waals surface area contributed by atoms with E-state index in [-0.39, 0.29) is 23.0 Å². The topological polar surface area (TPSA) is 97.3 Å². The first kappa shape index (κ1) is 24.7. The van der Waals surface area contributed by atoms with Crippen molar-refractivity contribution in [2.24, 2.45) is 0 Å². The average molecular weight is 514 g/mol. The van der Waals surface area contributed by atoms with Crippen LogP contribution in [0.3, 0.4) is 0 Å². The van der Waals surface area contributed by atoms with Gasteiger partial charge < -0.3 is 20.7 Å². The fourth-order valence-electron chi connectivity index (χ4n) is 5.03. The lowest BCUT2D eigenvalue weighted by atomic mass is 9.93. The molecule has 0 aliphatic heterocycles. The molecular formula is C30H35N5O3. The molecular weight excluding hydrogens is 478 g/mol. The van der Waals surface area contributed by atoms with E-state index in [1.807, 2.05) is 31.2 Å². The Balaban J connectivity index is 1.21. The van der Waals surface area contributed by atoms with Crippen molar-refractivity contribution in [2.45, 2.75) is 69.5 Å². The molecule has 8 heteroatoms. The maximum atomic E-state index is 13.6. The van der Waals surface area contributed by atoms with Crippen molar-refractivity contribution in [3.8, 4) is 11.4 Å². The molecule has 198 valence electrons. The Morgan fingerprint density at radius 3 is 2.66 bits per heavy atom. The predicted octanol–water partition coefficient (Wildman–Crippen LogP) is 4.06. The molecule has 1 aromatic heterocycles. The third-order valence-electron chi connectivity index (χ3n) is 7.89. The van der Waals surface area contributed by atoms with E-state index in [1.54, 1.807) is 29.1 Å². The number of nitrogens with one attached hydrogen (secondary N) is 3. The van der Waals surface area contributed by atoms with Gasteiger partial charge in [0.2, 0.25) is 0 Å². The summed E-state index contributed by atoms with van der Waals surface area (Å²) in [6, 6.07) is 14.4. The van der Waals surface area contributed by atoms with E-state index < -0.39 is 0 Å². The molecule has 3 saturated carbocycles. The molecule has 0 unspecified atom stereocenters. The first-order valence-corrected chi connectivity index (χ1v) is 13.8. The van der Waals surface area contributed by atoms with Crippen LogP contribution in [0.15, 0.2) is 59.7 Å². The van der Waals surface area contributed by atoms with Gasteiger partial charge in [0.05, 0.1) is 11.2 Å². The Labute approximate surface area is 222 Å². The molecule has 8 nitrogen and oxygen atoms in total. The zero-order chi connectivity index (χ0) is 26.1. The predicted molar refractivity (Wildman–Crippen MR) is 147 cm³/mol. The molecule has 0 bridgehead atoms. The van der Waals surface area contributed by atoms with Gasteiger partial charge in [-0.15, -0.1) is 0 Å². The second-order valence-corrected chi connectivity index (χ2v) is 10.8. The fraction of sp³-hybridized carbons (Fsp3) is 0.433. The van der Waals surface area contributed by atoms with Crippen molar-refractivity contribution >= 4 is 11.7 Å². The Kier molecular flexibility index (Phi) is 6.66. The quantitative estimate of drug-likeness (QED) is 0.335. The second kappa shape index (κ2) is 10.3. The summed E-state index contributed by atoms with van der Waals surface area (Å²) in [5, 5.41) is 10.0. The number of aromatic nitrogens is 2. The second-order valence-electron chi connectivity index (χ2n) is 10.8. The molecule has 6 rings (SSSR count). The summed E-state index contributed by atoms with van der Waals surface area (Å²) in [5.41, 5.74) is 2.55. The number of carbonyl (C=O) groups excluding carboxylic acids is 1. The SMILES string of the molecule is Cc1ccc(C(=O)NC2CC2)cc1-n1ccnc(NC2(c3ccccc3OCCNC3CCC3)CC2)c1=O. The largest absolute Gasteiger partial charge is 0.492 e. The van der Waals surface area contributed by atoms with Crippen molar-refractivity contribution in [1.82, 2.24) is 20.2 Å². The smallest absolute Gasteiger partial charge is 0.297 e. The van der Waals surface area contributed by atoms with Gasteiger partial charge in [-0.2, -0.15) is 0 Å². The van der Waals surface area contributed by atoms with Crippen LogP contribution in [0, 0.1) is 6.92 Å². The Bertz CT molecular complexity index is 1390. The third kappa shape index (κ3) is 5.18. The minimum Gasteiger partial charge on any atom is -0.492 e. The van der Waals surface area contributed by atoms with Crippen molar-refractivity contribution in [3.63, 3.8) is 0 Å². The van der Waals surface area contributed by atoms with E-state index in [1.165, 1.54) is 19.3 Å². The standard InChI is InChI=1S/C30H35N5O3/c1-20-9-10-21(28(36)33-23-11-12-23)19-25(20)35-17-15-32-27(29(35)37)34-30(13-14-30)24-7-2-3-8-26(24)38-18-16-31-22-5-4-6-22/h2-3,7-10,15,17,19,22-23,31H,4-6,11-14,16,18H2,1H3,(H,32,34)(H,33,36). The number of amides is 1. The molecule has 3 aromatic rings. The molecule has 3 fully saturated rings. The molecule has 3 N–H and O–H groups in total. The first-order chi connectivity index (χ1) is 18.5. The highest BCUT2D eigenvalue weighted by Crippen LogP contribution is 2.50. The molecule has 3 aliphatic carbocycles. The fourth-order valence-corrected chi connectivity index (χ4v) is 5.03. The maximum Gasteiger partial charge on any atom is 0.297 e. The van der Waals surface area contributed by atoms with Gasteiger partial charge in [-0.25, -0.2) is 4.98 Å². The van der Waals surface area contributed by atoms with Crippen molar-refractivity contribution in [1.29, 1.82) is 0 Å².